The highest BCUT2D eigenvalue weighted by Gasteiger charge is 2.04. The van der Waals surface area contributed by atoms with Gasteiger partial charge in [0.05, 0.1) is 5.70 Å². The molecule has 0 atom stereocenters. The first-order valence-electron chi connectivity index (χ1n) is 4.57. The number of aliphatic imine (C=N–C) groups is 1. The largest absolute Gasteiger partial charge is 0.344 e. The molecule has 0 aliphatic carbocycles. The molecule has 1 rings (SSSR count). The number of allylic oxidation sites excluding steroid dienone is 1. The summed E-state index contributed by atoms with van der Waals surface area (Å²) in [7, 11) is 3.74. The SMILES string of the molecule is C=C(C=NC)N(C)c1ccccc1C. The van der Waals surface area contributed by atoms with Crippen LogP contribution in [0.1, 0.15) is 5.56 Å². The molecule has 1 aromatic carbocycles. The van der Waals surface area contributed by atoms with Crippen LogP contribution in [0.5, 0.6) is 0 Å². The van der Waals surface area contributed by atoms with Gasteiger partial charge < -0.3 is 4.90 Å². The minimum Gasteiger partial charge on any atom is -0.344 e. The van der Waals surface area contributed by atoms with Gasteiger partial charge in [-0.2, -0.15) is 0 Å². The van der Waals surface area contributed by atoms with E-state index < -0.39 is 0 Å². The van der Waals surface area contributed by atoms with Gasteiger partial charge in [-0.25, -0.2) is 0 Å². The van der Waals surface area contributed by atoms with Gasteiger partial charge in [0.15, 0.2) is 0 Å². The van der Waals surface area contributed by atoms with Crippen LogP contribution in [0.4, 0.5) is 5.69 Å². The van der Waals surface area contributed by atoms with Crippen molar-refractivity contribution in [2.45, 2.75) is 6.92 Å². The van der Waals surface area contributed by atoms with Crippen LogP contribution in [-0.4, -0.2) is 20.3 Å². The zero-order valence-electron chi connectivity index (χ0n) is 8.99. The number of benzene rings is 1. The maximum Gasteiger partial charge on any atom is 0.0516 e. The summed E-state index contributed by atoms with van der Waals surface area (Å²) in [5.41, 5.74) is 3.29. The average Bonchev–Trinajstić information content (AvgIpc) is 2.18. The predicted molar refractivity (Wildman–Crippen MR) is 63.1 cm³/mol. The van der Waals surface area contributed by atoms with Crippen molar-refractivity contribution in [3.05, 3.63) is 42.1 Å². The Morgan fingerprint density at radius 1 is 1.43 bits per heavy atom. The lowest BCUT2D eigenvalue weighted by Crippen LogP contribution is -2.17. The number of anilines is 1. The van der Waals surface area contributed by atoms with Crippen LogP contribution in [0.15, 0.2) is 41.5 Å². The Hall–Kier alpha value is -1.57. The van der Waals surface area contributed by atoms with Crippen molar-refractivity contribution >= 4 is 11.9 Å². The van der Waals surface area contributed by atoms with E-state index in [0.717, 1.165) is 11.4 Å². The van der Waals surface area contributed by atoms with Gasteiger partial charge >= 0.3 is 0 Å². The fraction of sp³-hybridized carbons (Fsp3) is 0.250. The molecule has 0 aliphatic rings. The first-order valence-corrected chi connectivity index (χ1v) is 4.57. The molecule has 0 fully saturated rings. The molecule has 2 nitrogen and oxygen atoms in total. The van der Waals surface area contributed by atoms with E-state index >= 15 is 0 Å². The third-order valence-corrected chi connectivity index (χ3v) is 2.19. The Morgan fingerprint density at radius 2 is 2.07 bits per heavy atom. The van der Waals surface area contributed by atoms with E-state index in [1.165, 1.54) is 5.56 Å². The molecule has 0 saturated carbocycles. The highest BCUT2D eigenvalue weighted by atomic mass is 15.1. The quantitative estimate of drug-likeness (QED) is 0.666. The van der Waals surface area contributed by atoms with E-state index in [1.807, 2.05) is 24.1 Å². The Balaban J connectivity index is 2.95. The molecule has 74 valence electrons. The Morgan fingerprint density at radius 3 is 2.64 bits per heavy atom. The minimum atomic E-state index is 0.891. The molecule has 1 aromatic rings. The fourth-order valence-electron chi connectivity index (χ4n) is 1.33. The third-order valence-electron chi connectivity index (χ3n) is 2.19. The van der Waals surface area contributed by atoms with Crippen LogP contribution in [0, 0.1) is 6.92 Å². The van der Waals surface area contributed by atoms with E-state index in [9.17, 15) is 0 Å². The summed E-state index contributed by atoms with van der Waals surface area (Å²) in [5.74, 6) is 0. The Kier molecular flexibility index (Phi) is 3.46. The summed E-state index contributed by atoms with van der Waals surface area (Å²) in [4.78, 5) is 5.98. The maximum atomic E-state index is 3.95. The van der Waals surface area contributed by atoms with Gasteiger partial charge in [0.2, 0.25) is 0 Å². The standard InChI is InChI=1S/C12H16N2/c1-10-7-5-6-8-12(10)14(4)11(2)9-13-3/h5-9H,2H2,1,3-4H3. The smallest absolute Gasteiger partial charge is 0.0516 e. The van der Waals surface area contributed by atoms with Crippen LogP contribution in [0.3, 0.4) is 0 Å². The lowest BCUT2D eigenvalue weighted by atomic mass is 10.2. The molecule has 0 heterocycles. The van der Waals surface area contributed by atoms with Crippen molar-refractivity contribution < 1.29 is 0 Å². The normalized spacial score (nSPS) is 10.5. The molecule has 0 bridgehead atoms. The van der Waals surface area contributed by atoms with Crippen molar-refractivity contribution in [3.8, 4) is 0 Å². The predicted octanol–water partition coefficient (Wildman–Crippen LogP) is 2.65. The van der Waals surface area contributed by atoms with Gasteiger partial charge in [-0.1, -0.05) is 24.8 Å². The van der Waals surface area contributed by atoms with E-state index in [1.54, 1.807) is 13.3 Å². The molecule has 0 N–H and O–H groups in total. The van der Waals surface area contributed by atoms with Crippen molar-refractivity contribution in [2.75, 3.05) is 19.0 Å². The average molecular weight is 188 g/mol. The van der Waals surface area contributed by atoms with Gasteiger partial charge in [-0.05, 0) is 18.6 Å². The number of hydrogen-bond acceptors (Lipinski definition) is 2. The van der Waals surface area contributed by atoms with Gasteiger partial charge in [-0.3, -0.25) is 4.99 Å². The highest BCUT2D eigenvalue weighted by Crippen LogP contribution is 2.19. The molecular weight excluding hydrogens is 172 g/mol. The fourth-order valence-corrected chi connectivity index (χ4v) is 1.33. The molecule has 0 aromatic heterocycles. The topological polar surface area (TPSA) is 15.6 Å². The molecule has 0 aliphatic heterocycles. The van der Waals surface area contributed by atoms with Crippen LogP contribution in [-0.2, 0) is 0 Å². The van der Waals surface area contributed by atoms with Crippen molar-refractivity contribution in [1.29, 1.82) is 0 Å². The van der Waals surface area contributed by atoms with Gasteiger partial charge in [0.1, 0.15) is 0 Å². The third kappa shape index (κ3) is 2.22. The van der Waals surface area contributed by atoms with Gasteiger partial charge in [0, 0.05) is 26.0 Å². The number of nitrogens with zero attached hydrogens (tertiary/aromatic N) is 2. The monoisotopic (exact) mass is 188 g/mol. The van der Waals surface area contributed by atoms with Crippen LogP contribution in [0.25, 0.3) is 0 Å². The summed E-state index contributed by atoms with van der Waals surface area (Å²) >= 11 is 0. The molecule has 14 heavy (non-hydrogen) atoms. The molecule has 0 spiro atoms. The minimum absolute atomic E-state index is 0.891. The molecule has 0 unspecified atom stereocenters. The first-order chi connectivity index (χ1) is 6.66. The van der Waals surface area contributed by atoms with Crippen LogP contribution >= 0.6 is 0 Å². The van der Waals surface area contributed by atoms with Crippen LogP contribution in [0.2, 0.25) is 0 Å². The second-order valence-electron chi connectivity index (χ2n) is 3.22. The zero-order valence-corrected chi connectivity index (χ0v) is 8.99. The lowest BCUT2D eigenvalue weighted by molar-refractivity contribution is 1.15. The second-order valence-corrected chi connectivity index (χ2v) is 3.22. The van der Waals surface area contributed by atoms with E-state index in [4.69, 9.17) is 0 Å². The Bertz CT molecular complexity index is 353. The maximum absolute atomic E-state index is 3.95. The summed E-state index contributed by atoms with van der Waals surface area (Å²) in [6.45, 7) is 6.02. The summed E-state index contributed by atoms with van der Waals surface area (Å²) < 4.78 is 0. The molecule has 0 saturated heterocycles. The molecular formula is C12H16N2. The van der Waals surface area contributed by atoms with E-state index in [0.29, 0.717) is 0 Å². The second kappa shape index (κ2) is 4.61. The van der Waals surface area contributed by atoms with Crippen molar-refractivity contribution in [1.82, 2.24) is 0 Å². The first kappa shape index (κ1) is 10.5. The zero-order chi connectivity index (χ0) is 10.6. The number of aryl methyl sites for hydroxylation is 1. The van der Waals surface area contributed by atoms with Crippen molar-refractivity contribution in [2.24, 2.45) is 4.99 Å². The summed E-state index contributed by atoms with van der Waals surface area (Å²) in [6, 6.07) is 8.21. The molecule has 2 heteroatoms. The van der Waals surface area contributed by atoms with Gasteiger partial charge in [-0.15, -0.1) is 0 Å². The van der Waals surface area contributed by atoms with E-state index in [-0.39, 0.29) is 0 Å². The van der Waals surface area contributed by atoms with Crippen molar-refractivity contribution in [3.63, 3.8) is 0 Å². The number of para-hydroxylation sites is 1. The lowest BCUT2D eigenvalue weighted by Gasteiger charge is -2.20. The molecule has 0 radical (unpaired) electrons. The van der Waals surface area contributed by atoms with Gasteiger partial charge in [0.25, 0.3) is 0 Å². The van der Waals surface area contributed by atoms with E-state index in [2.05, 4.69) is 30.6 Å². The highest BCUT2D eigenvalue weighted by molar-refractivity contribution is 5.83. The number of hydrogen-bond donors (Lipinski definition) is 0. The summed E-state index contributed by atoms with van der Waals surface area (Å²) in [5, 5.41) is 0. The van der Waals surface area contributed by atoms with Crippen LogP contribution < -0.4 is 4.90 Å². The summed E-state index contributed by atoms with van der Waals surface area (Å²) in [6.07, 6.45) is 1.76. The number of rotatable bonds is 3. The molecule has 0 amide bonds. The Labute approximate surface area is 85.6 Å².